The number of rotatable bonds is 7. The Bertz CT molecular complexity index is 454. The van der Waals surface area contributed by atoms with E-state index in [0.717, 1.165) is 25.0 Å². The molecule has 0 radical (unpaired) electrons. The predicted octanol–water partition coefficient (Wildman–Crippen LogP) is 2.16. The number of carbonyl (C=O) groups excluding carboxylic acids is 1. The molecule has 0 saturated heterocycles. The molecule has 6 heteroatoms. The maximum atomic E-state index is 12.5. The smallest absolute Gasteiger partial charge is 0.323 e. The molecule has 1 fully saturated rings. The molecule has 1 aliphatic carbocycles. The lowest BCUT2D eigenvalue weighted by Crippen LogP contribution is -2.46. The van der Waals surface area contributed by atoms with E-state index in [2.05, 4.69) is 0 Å². The van der Waals surface area contributed by atoms with Crippen LogP contribution >= 0.6 is 0 Å². The number of carboxylic acid groups (broad SMARTS) is 1. The van der Waals surface area contributed by atoms with Crippen LogP contribution in [0.5, 0.6) is 0 Å². The van der Waals surface area contributed by atoms with Gasteiger partial charge in [0.25, 0.3) is 0 Å². The van der Waals surface area contributed by atoms with Gasteiger partial charge in [-0.25, -0.2) is 4.79 Å². The fourth-order valence-electron chi connectivity index (χ4n) is 2.17. The molecular weight excluding hydrogens is 260 g/mol. The van der Waals surface area contributed by atoms with Crippen LogP contribution in [0.15, 0.2) is 22.8 Å². The van der Waals surface area contributed by atoms with Gasteiger partial charge in [-0.1, -0.05) is 6.92 Å². The Hall–Kier alpha value is -1.98. The molecule has 20 heavy (non-hydrogen) atoms. The SMILES string of the molecule is CCCN(CC(=O)O)C(=O)N(Cc1ccco1)C1CC1. The average Bonchev–Trinajstić information content (AvgIpc) is 3.11. The predicted molar refractivity (Wildman–Crippen MR) is 72.2 cm³/mol. The Morgan fingerprint density at radius 3 is 2.70 bits per heavy atom. The van der Waals surface area contributed by atoms with Gasteiger partial charge in [-0.05, 0) is 31.4 Å². The highest BCUT2D eigenvalue weighted by Crippen LogP contribution is 2.29. The van der Waals surface area contributed by atoms with E-state index in [4.69, 9.17) is 9.52 Å². The molecule has 0 atom stereocenters. The minimum Gasteiger partial charge on any atom is -0.480 e. The molecule has 1 aromatic rings. The summed E-state index contributed by atoms with van der Waals surface area (Å²) in [4.78, 5) is 26.5. The minimum absolute atomic E-state index is 0.209. The summed E-state index contributed by atoms with van der Waals surface area (Å²) in [5.74, 6) is -0.266. The lowest BCUT2D eigenvalue weighted by molar-refractivity contribution is -0.137. The van der Waals surface area contributed by atoms with E-state index in [1.807, 2.05) is 13.0 Å². The zero-order valence-electron chi connectivity index (χ0n) is 11.6. The Morgan fingerprint density at radius 2 is 2.20 bits per heavy atom. The van der Waals surface area contributed by atoms with Crippen molar-refractivity contribution in [1.82, 2.24) is 9.80 Å². The van der Waals surface area contributed by atoms with Crippen molar-refractivity contribution in [3.63, 3.8) is 0 Å². The summed E-state index contributed by atoms with van der Waals surface area (Å²) >= 11 is 0. The minimum atomic E-state index is -0.986. The fourth-order valence-corrected chi connectivity index (χ4v) is 2.17. The number of nitrogens with zero attached hydrogens (tertiary/aromatic N) is 2. The standard InChI is InChI=1S/C14H20N2O4/c1-2-7-15(10-13(17)18)14(19)16(11-5-6-11)9-12-4-3-8-20-12/h3-4,8,11H,2,5-7,9-10H2,1H3,(H,17,18). The van der Waals surface area contributed by atoms with Gasteiger partial charge in [0.1, 0.15) is 12.3 Å². The summed E-state index contributed by atoms with van der Waals surface area (Å²) in [6.07, 6.45) is 4.25. The Balaban J connectivity index is 2.06. The highest BCUT2D eigenvalue weighted by Gasteiger charge is 2.35. The van der Waals surface area contributed by atoms with Crippen molar-refractivity contribution < 1.29 is 19.1 Å². The van der Waals surface area contributed by atoms with E-state index in [9.17, 15) is 9.59 Å². The first-order valence-corrected chi connectivity index (χ1v) is 6.91. The average molecular weight is 280 g/mol. The number of carbonyl (C=O) groups is 2. The summed E-state index contributed by atoms with van der Waals surface area (Å²) in [5.41, 5.74) is 0. The van der Waals surface area contributed by atoms with Gasteiger partial charge in [0, 0.05) is 12.6 Å². The molecule has 2 amide bonds. The third-order valence-electron chi connectivity index (χ3n) is 3.23. The molecule has 0 aliphatic heterocycles. The zero-order chi connectivity index (χ0) is 14.5. The quantitative estimate of drug-likeness (QED) is 0.830. The van der Waals surface area contributed by atoms with Gasteiger partial charge in [0.15, 0.2) is 0 Å². The Labute approximate surface area is 118 Å². The molecule has 0 aromatic carbocycles. The Kier molecular flexibility index (Phi) is 4.65. The van der Waals surface area contributed by atoms with Crippen LogP contribution in [0.1, 0.15) is 31.9 Å². The van der Waals surface area contributed by atoms with Gasteiger partial charge in [0.2, 0.25) is 0 Å². The molecule has 1 aliphatic rings. The zero-order valence-corrected chi connectivity index (χ0v) is 11.6. The van der Waals surface area contributed by atoms with Gasteiger partial charge in [-0.2, -0.15) is 0 Å². The first kappa shape index (κ1) is 14.4. The fraction of sp³-hybridized carbons (Fsp3) is 0.571. The molecule has 1 aromatic heterocycles. The molecular formula is C14H20N2O4. The van der Waals surface area contributed by atoms with E-state index < -0.39 is 5.97 Å². The summed E-state index contributed by atoms with van der Waals surface area (Å²) < 4.78 is 5.28. The third kappa shape index (κ3) is 3.76. The van der Waals surface area contributed by atoms with E-state index >= 15 is 0 Å². The second-order valence-electron chi connectivity index (χ2n) is 5.04. The third-order valence-corrected chi connectivity index (χ3v) is 3.23. The molecule has 110 valence electrons. The van der Waals surface area contributed by atoms with Crippen LogP contribution in [0.2, 0.25) is 0 Å². The molecule has 0 unspecified atom stereocenters. The number of urea groups is 1. The number of amides is 2. The van der Waals surface area contributed by atoms with Crippen molar-refractivity contribution in [3.05, 3.63) is 24.2 Å². The lowest BCUT2D eigenvalue weighted by atomic mass is 10.3. The van der Waals surface area contributed by atoms with Crippen LogP contribution in [-0.2, 0) is 11.3 Å². The van der Waals surface area contributed by atoms with Crippen molar-refractivity contribution >= 4 is 12.0 Å². The summed E-state index contributed by atoms with van der Waals surface area (Å²) in [6, 6.07) is 3.60. The van der Waals surface area contributed by atoms with Crippen molar-refractivity contribution in [2.45, 2.75) is 38.8 Å². The summed E-state index contributed by atoms with van der Waals surface area (Å²) in [6.45, 7) is 2.52. The summed E-state index contributed by atoms with van der Waals surface area (Å²) in [7, 11) is 0. The number of furan rings is 1. The Morgan fingerprint density at radius 1 is 1.45 bits per heavy atom. The number of hydrogen-bond donors (Lipinski definition) is 1. The van der Waals surface area contributed by atoms with Crippen molar-refractivity contribution in [1.29, 1.82) is 0 Å². The second kappa shape index (κ2) is 6.45. The molecule has 1 heterocycles. The molecule has 2 rings (SSSR count). The first-order valence-electron chi connectivity index (χ1n) is 6.91. The van der Waals surface area contributed by atoms with Gasteiger partial charge < -0.3 is 19.3 Å². The molecule has 0 spiro atoms. The molecule has 1 saturated carbocycles. The van der Waals surface area contributed by atoms with Crippen LogP contribution in [0.3, 0.4) is 0 Å². The molecule has 0 bridgehead atoms. The van der Waals surface area contributed by atoms with E-state index in [1.165, 1.54) is 4.90 Å². The first-order chi connectivity index (χ1) is 9.61. The van der Waals surface area contributed by atoms with Gasteiger partial charge >= 0.3 is 12.0 Å². The van der Waals surface area contributed by atoms with Gasteiger partial charge in [-0.3, -0.25) is 4.79 Å². The van der Waals surface area contributed by atoms with E-state index in [-0.39, 0.29) is 18.6 Å². The monoisotopic (exact) mass is 280 g/mol. The van der Waals surface area contributed by atoms with Crippen LogP contribution in [-0.4, -0.2) is 46.0 Å². The van der Waals surface area contributed by atoms with Crippen LogP contribution < -0.4 is 0 Å². The number of aliphatic carboxylic acids is 1. The van der Waals surface area contributed by atoms with Crippen molar-refractivity contribution in [2.75, 3.05) is 13.1 Å². The topological polar surface area (TPSA) is 74.0 Å². The lowest BCUT2D eigenvalue weighted by Gasteiger charge is -2.29. The van der Waals surface area contributed by atoms with Crippen molar-refractivity contribution in [2.24, 2.45) is 0 Å². The van der Waals surface area contributed by atoms with E-state index in [0.29, 0.717) is 13.1 Å². The maximum Gasteiger partial charge on any atom is 0.323 e. The largest absolute Gasteiger partial charge is 0.480 e. The number of carboxylic acids is 1. The highest BCUT2D eigenvalue weighted by molar-refractivity contribution is 5.80. The van der Waals surface area contributed by atoms with Crippen LogP contribution in [0.4, 0.5) is 4.79 Å². The maximum absolute atomic E-state index is 12.5. The number of hydrogen-bond acceptors (Lipinski definition) is 3. The highest BCUT2D eigenvalue weighted by atomic mass is 16.4. The van der Waals surface area contributed by atoms with Crippen molar-refractivity contribution in [3.8, 4) is 0 Å². The van der Waals surface area contributed by atoms with E-state index in [1.54, 1.807) is 17.2 Å². The van der Waals surface area contributed by atoms with Crippen LogP contribution in [0.25, 0.3) is 0 Å². The van der Waals surface area contributed by atoms with Gasteiger partial charge in [-0.15, -0.1) is 0 Å². The molecule has 6 nitrogen and oxygen atoms in total. The van der Waals surface area contributed by atoms with Gasteiger partial charge in [0.05, 0.1) is 12.8 Å². The molecule has 1 N–H and O–H groups in total. The normalized spacial score (nSPS) is 14.1. The second-order valence-corrected chi connectivity index (χ2v) is 5.04. The van der Waals surface area contributed by atoms with Crippen LogP contribution in [0, 0.1) is 0 Å². The summed E-state index contributed by atoms with van der Waals surface area (Å²) in [5, 5.41) is 8.92.